The van der Waals surface area contributed by atoms with E-state index < -0.39 is 0 Å². The fourth-order valence-electron chi connectivity index (χ4n) is 2.78. The number of hydrogen-bond donors (Lipinski definition) is 0. The predicted molar refractivity (Wildman–Crippen MR) is 90.4 cm³/mol. The Morgan fingerprint density at radius 1 is 1.41 bits per heavy atom. The van der Waals surface area contributed by atoms with Gasteiger partial charge in [-0.25, -0.2) is 0 Å². The maximum Gasteiger partial charge on any atom is 0.226 e. The highest BCUT2D eigenvalue weighted by atomic mass is 32.2. The zero-order valence-corrected chi connectivity index (χ0v) is 14.1. The van der Waals surface area contributed by atoms with Crippen LogP contribution in [0.25, 0.3) is 0 Å². The maximum absolute atomic E-state index is 12.4. The van der Waals surface area contributed by atoms with Crippen LogP contribution in [0.4, 0.5) is 0 Å². The third-order valence-corrected chi connectivity index (χ3v) is 4.85. The van der Waals surface area contributed by atoms with Crippen LogP contribution in [0.5, 0.6) is 0 Å². The highest BCUT2D eigenvalue weighted by Gasteiger charge is 2.31. The normalized spacial score (nSPS) is 20.4. The first-order valence-corrected chi connectivity index (χ1v) is 9.00. The van der Waals surface area contributed by atoms with Crippen LogP contribution < -0.4 is 0 Å². The molecule has 1 saturated heterocycles. The highest BCUT2D eigenvalue weighted by molar-refractivity contribution is 7.98. The lowest BCUT2D eigenvalue weighted by atomic mass is 10.1. The molecule has 118 valence electrons. The van der Waals surface area contributed by atoms with E-state index in [1.807, 2.05) is 36.3 Å². The molecule has 1 fully saturated rings. The molecule has 0 N–H and O–H groups in total. The van der Waals surface area contributed by atoms with Crippen LogP contribution in [-0.4, -0.2) is 53.4 Å². The van der Waals surface area contributed by atoms with Crippen molar-refractivity contribution < 1.29 is 4.79 Å². The molecule has 1 heterocycles. The number of hydrogen-bond acceptors (Lipinski definition) is 4. The Kier molecular flexibility index (Phi) is 6.29. The van der Waals surface area contributed by atoms with Crippen molar-refractivity contribution in [3.8, 4) is 6.07 Å². The SMILES string of the molecule is CSC[C@H](C)C(=O)N1CCN(Cc2ccccc2)[C@H](C#N)C1. The summed E-state index contributed by atoms with van der Waals surface area (Å²) in [4.78, 5) is 16.4. The van der Waals surface area contributed by atoms with E-state index in [0.717, 1.165) is 18.8 Å². The molecule has 4 nitrogen and oxygen atoms in total. The number of nitrogens with zero attached hydrogens (tertiary/aromatic N) is 3. The van der Waals surface area contributed by atoms with Gasteiger partial charge in [-0.2, -0.15) is 17.0 Å². The van der Waals surface area contributed by atoms with Crippen molar-refractivity contribution in [1.82, 2.24) is 9.80 Å². The Hall–Kier alpha value is -1.51. The van der Waals surface area contributed by atoms with Gasteiger partial charge >= 0.3 is 0 Å². The molecule has 1 aliphatic heterocycles. The number of piperazine rings is 1. The van der Waals surface area contributed by atoms with Crippen LogP contribution in [0, 0.1) is 17.2 Å². The fourth-order valence-corrected chi connectivity index (χ4v) is 3.43. The maximum atomic E-state index is 12.4. The second-order valence-electron chi connectivity index (χ2n) is 5.74. The quantitative estimate of drug-likeness (QED) is 0.835. The Balaban J connectivity index is 1.97. The molecule has 2 atom stereocenters. The van der Waals surface area contributed by atoms with E-state index in [0.29, 0.717) is 13.1 Å². The molecule has 1 amide bonds. The van der Waals surface area contributed by atoms with Crippen LogP contribution in [0.2, 0.25) is 0 Å². The van der Waals surface area contributed by atoms with Crippen molar-refractivity contribution in [2.45, 2.75) is 19.5 Å². The summed E-state index contributed by atoms with van der Waals surface area (Å²) in [6, 6.07) is 12.3. The molecule has 0 saturated carbocycles. The average Bonchev–Trinajstić information content (AvgIpc) is 2.55. The van der Waals surface area contributed by atoms with Gasteiger partial charge in [0.25, 0.3) is 0 Å². The average molecular weight is 317 g/mol. The summed E-state index contributed by atoms with van der Waals surface area (Å²) in [6.07, 6.45) is 2.01. The smallest absolute Gasteiger partial charge is 0.226 e. The first kappa shape index (κ1) is 16.9. The summed E-state index contributed by atoms with van der Waals surface area (Å²) in [5.74, 6) is 1.03. The Morgan fingerprint density at radius 3 is 2.77 bits per heavy atom. The van der Waals surface area contributed by atoms with Crippen molar-refractivity contribution in [3.63, 3.8) is 0 Å². The molecule has 0 bridgehead atoms. The van der Waals surface area contributed by atoms with Crippen LogP contribution in [-0.2, 0) is 11.3 Å². The minimum absolute atomic E-state index is 0.0232. The monoisotopic (exact) mass is 317 g/mol. The largest absolute Gasteiger partial charge is 0.339 e. The standard InChI is InChI=1S/C17H23N3OS/c1-14(13-22-2)17(21)20-9-8-19(16(10-18)12-20)11-15-6-4-3-5-7-15/h3-7,14,16H,8-9,11-13H2,1-2H3/t14-,16+/m0/s1. The van der Waals surface area contributed by atoms with Gasteiger partial charge in [0.1, 0.15) is 6.04 Å². The first-order chi connectivity index (χ1) is 10.7. The van der Waals surface area contributed by atoms with Gasteiger partial charge in [0.15, 0.2) is 0 Å². The second kappa shape index (κ2) is 8.21. The van der Waals surface area contributed by atoms with Crippen molar-refractivity contribution in [2.75, 3.05) is 31.6 Å². The topological polar surface area (TPSA) is 47.3 Å². The van der Waals surface area contributed by atoms with Gasteiger partial charge in [0.2, 0.25) is 5.91 Å². The molecule has 0 spiro atoms. The molecular formula is C17H23N3OS. The number of amides is 1. The molecule has 1 aromatic rings. The lowest BCUT2D eigenvalue weighted by molar-refractivity contribution is -0.136. The first-order valence-electron chi connectivity index (χ1n) is 7.61. The minimum Gasteiger partial charge on any atom is -0.339 e. The molecule has 1 aromatic carbocycles. The van der Waals surface area contributed by atoms with Crippen molar-refractivity contribution in [2.24, 2.45) is 5.92 Å². The summed E-state index contributed by atoms with van der Waals surface area (Å²) in [6.45, 7) is 4.71. The molecule has 0 radical (unpaired) electrons. The van der Waals surface area contributed by atoms with Gasteiger partial charge in [-0.05, 0) is 11.8 Å². The molecule has 0 aliphatic carbocycles. The van der Waals surface area contributed by atoms with E-state index in [4.69, 9.17) is 0 Å². The van der Waals surface area contributed by atoms with E-state index in [-0.39, 0.29) is 17.9 Å². The number of benzene rings is 1. The van der Waals surface area contributed by atoms with Gasteiger partial charge in [-0.3, -0.25) is 9.69 Å². The van der Waals surface area contributed by atoms with Gasteiger partial charge in [-0.15, -0.1) is 0 Å². The lowest BCUT2D eigenvalue weighted by Gasteiger charge is -2.39. The summed E-state index contributed by atoms with van der Waals surface area (Å²) in [7, 11) is 0. The number of rotatable bonds is 5. The van der Waals surface area contributed by atoms with Gasteiger partial charge in [0, 0.05) is 37.8 Å². The summed E-state index contributed by atoms with van der Waals surface area (Å²) >= 11 is 1.69. The summed E-state index contributed by atoms with van der Waals surface area (Å²) in [5.41, 5.74) is 1.21. The molecule has 1 aliphatic rings. The van der Waals surface area contributed by atoms with Gasteiger partial charge in [0.05, 0.1) is 6.07 Å². The molecule has 0 unspecified atom stereocenters. The van der Waals surface area contributed by atoms with Crippen LogP contribution in [0.3, 0.4) is 0 Å². The lowest BCUT2D eigenvalue weighted by Crippen LogP contribution is -2.54. The van der Waals surface area contributed by atoms with Crippen LogP contribution in [0.1, 0.15) is 12.5 Å². The van der Waals surface area contributed by atoms with Crippen LogP contribution >= 0.6 is 11.8 Å². The van der Waals surface area contributed by atoms with E-state index >= 15 is 0 Å². The number of carbonyl (C=O) groups is 1. The van der Waals surface area contributed by atoms with Crippen LogP contribution in [0.15, 0.2) is 30.3 Å². The summed E-state index contributed by atoms with van der Waals surface area (Å²) < 4.78 is 0. The molecular weight excluding hydrogens is 294 g/mol. The molecule has 2 rings (SSSR count). The number of nitriles is 1. The third kappa shape index (κ3) is 4.25. The third-order valence-electron chi connectivity index (χ3n) is 4.02. The predicted octanol–water partition coefficient (Wildman–Crippen LogP) is 2.22. The molecule has 5 heteroatoms. The van der Waals surface area contributed by atoms with Crippen molar-refractivity contribution in [1.29, 1.82) is 5.26 Å². The summed E-state index contributed by atoms with van der Waals surface area (Å²) in [5, 5.41) is 9.45. The van der Waals surface area contributed by atoms with Crippen molar-refractivity contribution >= 4 is 17.7 Å². The van der Waals surface area contributed by atoms with E-state index in [2.05, 4.69) is 23.1 Å². The molecule has 0 aromatic heterocycles. The number of carbonyl (C=O) groups excluding carboxylic acids is 1. The number of thioether (sulfide) groups is 1. The fraction of sp³-hybridized carbons (Fsp3) is 0.529. The van der Waals surface area contributed by atoms with Crippen molar-refractivity contribution in [3.05, 3.63) is 35.9 Å². The molecule has 22 heavy (non-hydrogen) atoms. The Labute approximate surface area is 137 Å². The van der Waals surface area contributed by atoms with Gasteiger partial charge in [-0.1, -0.05) is 37.3 Å². The highest BCUT2D eigenvalue weighted by Crippen LogP contribution is 2.17. The Bertz CT molecular complexity index is 528. The zero-order chi connectivity index (χ0) is 15.9. The second-order valence-corrected chi connectivity index (χ2v) is 6.65. The Morgan fingerprint density at radius 2 is 2.14 bits per heavy atom. The zero-order valence-electron chi connectivity index (χ0n) is 13.2. The van der Waals surface area contributed by atoms with E-state index in [1.54, 1.807) is 11.8 Å². The minimum atomic E-state index is -0.223. The van der Waals surface area contributed by atoms with E-state index in [1.165, 1.54) is 5.56 Å². The van der Waals surface area contributed by atoms with Gasteiger partial charge < -0.3 is 4.90 Å². The van der Waals surface area contributed by atoms with E-state index in [9.17, 15) is 10.1 Å².